The number of hydrogen-bond acceptors (Lipinski definition) is 3. The average molecular weight is 353 g/mol. The Labute approximate surface area is 149 Å². The summed E-state index contributed by atoms with van der Waals surface area (Å²) >= 11 is 0. The van der Waals surface area contributed by atoms with Crippen LogP contribution in [0.2, 0.25) is 0 Å². The molecule has 1 heterocycles. The van der Waals surface area contributed by atoms with Gasteiger partial charge >= 0.3 is 0 Å². The molecule has 6 heteroatoms. The van der Waals surface area contributed by atoms with Crippen molar-refractivity contribution in [3.05, 3.63) is 83.7 Å². The molecular weight excluding hydrogens is 336 g/mol. The van der Waals surface area contributed by atoms with Gasteiger partial charge in [-0.2, -0.15) is 0 Å². The second-order valence-corrected chi connectivity index (χ2v) is 5.69. The number of amides is 1. The van der Waals surface area contributed by atoms with Crippen LogP contribution in [0.15, 0.2) is 60.9 Å². The molecule has 132 valence electrons. The molecule has 0 bridgehead atoms. The molecule has 3 rings (SSSR count). The lowest BCUT2D eigenvalue weighted by Crippen LogP contribution is -2.12. The lowest BCUT2D eigenvalue weighted by atomic mass is 10.1. The Morgan fingerprint density at radius 2 is 1.69 bits per heavy atom. The SMILES string of the molecule is CCc1ccc(NC(=O)c2cncc(Nc3c(F)cccc3F)c2)cc1. The molecule has 0 saturated carbocycles. The molecule has 4 nitrogen and oxygen atoms in total. The first-order valence-corrected chi connectivity index (χ1v) is 8.13. The van der Waals surface area contributed by atoms with Crippen molar-refractivity contribution in [2.24, 2.45) is 0 Å². The van der Waals surface area contributed by atoms with Crippen molar-refractivity contribution in [2.75, 3.05) is 10.6 Å². The molecule has 0 aliphatic heterocycles. The fourth-order valence-electron chi connectivity index (χ4n) is 2.42. The number of anilines is 3. The van der Waals surface area contributed by atoms with E-state index in [9.17, 15) is 13.6 Å². The molecule has 3 aromatic rings. The number of rotatable bonds is 5. The van der Waals surface area contributed by atoms with Crippen molar-refractivity contribution in [2.45, 2.75) is 13.3 Å². The minimum absolute atomic E-state index is 0.270. The third-order valence-electron chi connectivity index (χ3n) is 3.85. The molecule has 0 atom stereocenters. The number of aryl methyl sites for hydroxylation is 1. The van der Waals surface area contributed by atoms with E-state index in [4.69, 9.17) is 0 Å². The number of pyridine rings is 1. The highest BCUT2D eigenvalue weighted by molar-refractivity contribution is 6.04. The zero-order valence-corrected chi connectivity index (χ0v) is 14.1. The average Bonchev–Trinajstić information content (AvgIpc) is 2.66. The van der Waals surface area contributed by atoms with E-state index in [-0.39, 0.29) is 17.2 Å². The maximum absolute atomic E-state index is 13.7. The third-order valence-corrected chi connectivity index (χ3v) is 3.85. The molecule has 0 saturated heterocycles. The van der Waals surface area contributed by atoms with E-state index in [1.807, 2.05) is 24.3 Å². The largest absolute Gasteiger partial charge is 0.349 e. The molecular formula is C20H17F2N3O. The fraction of sp³-hybridized carbons (Fsp3) is 0.100. The summed E-state index contributed by atoms with van der Waals surface area (Å²) in [4.78, 5) is 16.3. The van der Waals surface area contributed by atoms with Gasteiger partial charge in [0.1, 0.15) is 17.3 Å². The summed E-state index contributed by atoms with van der Waals surface area (Å²) in [6.07, 6.45) is 3.69. The summed E-state index contributed by atoms with van der Waals surface area (Å²) in [6.45, 7) is 2.05. The standard InChI is InChI=1S/C20H17F2N3O/c1-2-13-6-8-15(9-7-13)25-20(26)14-10-16(12-23-11-14)24-19-17(21)4-3-5-18(19)22/h3-12,24H,2H2,1H3,(H,25,26). The van der Waals surface area contributed by atoms with Crippen LogP contribution < -0.4 is 10.6 Å². The van der Waals surface area contributed by atoms with Gasteiger partial charge in [-0.05, 0) is 42.3 Å². The van der Waals surface area contributed by atoms with Gasteiger partial charge in [0.05, 0.1) is 17.4 Å². The Kier molecular flexibility index (Phi) is 5.22. The molecule has 0 unspecified atom stereocenters. The van der Waals surface area contributed by atoms with Gasteiger partial charge in [-0.1, -0.05) is 25.1 Å². The highest BCUT2D eigenvalue weighted by atomic mass is 19.1. The lowest BCUT2D eigenvalue weighted by molar-refractivity contribution is 0.102. The summed E-state index contributed by atoms with van der Waals surface area (Å²) in [5.41, 5.74) is 2.12. The van der Waals surface area contributed by atoms with E-state index in [1.165, 1.54) is 30.1 Å². The number of nitrogens with one attached hydrogen (secondary N) is 2. The van der Waals surface area contributed by atoms with Crippen molar-refractivity contribution < 1.29 is 13.6 Å². The van der Waals surface area contributed by atoms with E-state index in [0.717, 1.165) is 18.6 Å². The fourth-order valence-corrected chi connectivity index (χ4v) is 2.42. The molecule has 0 radical (unpaired) electrons. The molecule has 0 aliphatic rings. The zero-order valence-electron chi connectivity index (χ0n) is 14.1. The highest BCUT2D eigenvalue weighted by Crippen LogP contribution is 2.23. The third kappa shape index (κ3) is 4.03. The van der Waals surface area contributed by atoms with Gasteiger partial charge in [0.2, 0.25) is 0 Å². The molecule has 1 amide bonds. The van der Waals surface area contributed by atoms with Crippen molar-refractivity contribution in [3.63, 3.8) is 0 Å². The Morgan fingerprint density at radius 1 is 1.00 bits per heavy atom. The second kappa shape index (κ2) is 7.74. The minimum Gasteiger partial charge on any atom is -0.349 e. The number of carbonyl (C=O) groups excluding carboxylic acids is 1. The molecule has 0 fully saturated rings. The van der Waals surface area contributed by atoms with E-state index in [0.29, 0.717) is 11.4 Å². The van der Waals surface area contributed by atoms with Gasteiger partial charge in [-0.25, -0.2) is 8.78 Å². The number of hydrogen-bond donors (Lipinski definition) is 2. The quantitative estimate of drug-likeness (QED) is 0.685. The van der Waals surface area contributed by atoms with Crippen LogP contribution in [-0.4, -0.2) is 10.9 Å². The number of aromatic nitrogens is 1. The second-order valence-electron chi connectivity index (χ2n) is 5.69. The predicted octanol–water partition coefficient (Wildman–Crippen LogP) is 4.92. The first-order valence-electron chi connectivity index (χ1n) is 8.13. The predicted molar refractivity (Wildman–Crippen MR) is 97.7 cm³/mol. The summed E-state index contributed by atoms with van der Waals surface area (Å²) in [7, 11) is 0. The van der Waals surface area contributed by atoms with E-state index >= 15 is 0 Å². The lowest BCUT2D eigenvalue weighted by Gasteiger charge is -2.10. The normalized spacial score (nSPS) is 10.4. The van der Waals surface area contributed by atoms with Crippen molar-refractivity contribution in [3.8, 4) is 0 Å². The summed E-state index contributed by atoms with van der Waals surface area (Å²) in [5.74, 6) is -1.81. The van der Waals surface area contributed by atoms with Crippen LogP contribution >= 0.6 is 0 Å². The van der Waals surface area contributed by atoms with Crippen LogP contribution in [0.25, 0.3) is 0 Å². The molecule has 2 aromatic carbocycles. The maximum atomic E-state index is 13.7. The van der Waals surface area contributed by atoms with Crippen LogP contribution in [0.3, 0.4) is 0 Å². The molecule has 0 aliphatic carbocycles. The van der Waals surface area contributed by atoms with Crippen molar-refractivity contribution in [1.82, 2.24) is 4.98 Å². The van der Waals surface area contributed by atoms with Crippen LogP contribution in [-0.2, 0) is 6.42 Å². The van der Waals surface area contributed by atoms with Gasteiger partial charge < -0.3 is 10.6 Å². The molecule has 1 aromatic heterocycles. The van der Waals surface area contributed by atoms with Crippen LogP contribution in [0.1, 0.15) is 22.8 Å². The number of nitrogens with zero attached hydrogens (tertiary/aromatic N) is 1. The van der Waals surface area contributed by atoms with Crippen molar-refractivity contribution >= 4 is 23.0 Å². The first-order chi connectivity index (χ1) is 12.6. The summed E-state index contributed by atoms with van der Waals surface area (Å²) in [5, 5.41) is 5.39. The monoisotopic (exact) mass is 353 g/mol. The highest BCUT2D eigenvalue weighted by Gasteiger charge is 2.11. The van der Waals surface area contributed by atoms with Crippen LogP contribution in [0.5, 0.6) is 0 Å². The van der Waals surface area contributed by atoms with E-state index < -0.39 is 11.6 Å². The molecule has 26 heavy (non-hydrogen) atoms. The minimum atomic E-state index is -0.726. The Hall–Kier alpha value is -3.28. The van der Waals surface area contributed by atoms with Gasteiger partial charge in [0.15, 0.2) is 0 Å². The summed E-state index contributed by atoms with van der Waals surface area (Å²) in [6, 6.07) is 12.6. The van der Waals surface area contributed by atoms with Gasteiger partial charge in [0, 0.05) is 11.9 Å². The Bertz CT molecular complexity index is 906. The number of halogens is 2. The zero-order chi connectivity index (χ0) is 18.5. The van der Waals surface area contributed by atoms with Gasteiger partial charge in [-0.3, -0.25) is 9.78 Å². The Morgan fingerprint density at radius 3 is 2.35 bits per heavy atom. The van der Waals surface area contributed by atoms with Crippen LogP contribution in [0, 0.1) is 11.6 Å². The first kappa shape index (κ1) is 17.5. The van der Waals surface area contributed by atoms with E-state index in [2.05, 4.69) is 22.5 Å². The van der Waals surface area contributed by atoms with Gasteiger partial charge in [-0.15, -0.1) is 0 Å². The van der Waals surface area contributed by atoms with Gasteiger partial charge in [0.25, 0.3) is 5.91 Å². The number of carbonyl (C=O) groups is 1. The Balaban J connectivity index is 1.76. The summed E-state index contributed by atoms with van der Waals surface area (Å²) < 4.78 is 27.5. The maximum Gasteiger partial charge on any atom is 0.257 e. The van der Waals surface area contributed by atoms with Crippen LogP contribution in [0.4, 0.5) is 25.8 Å². The smallest absolute Gasteiger partial charge is 0.257 e. The molecule has 2 N–H and O–H groups in total. The number of para-hydroxylation sites is 1. The number of benzene rings is 2. The van der Waals surface area contributed by atoms with Crippen molar-refractivity contribution in [1.29, 1.82) is 0 Å². The molecule has 0 spiro atoms. The van der Waals surface area contributed by atoms with E-state index in [1.54, 1.807) is 0 Å². The topological polar surface area (TPSA) is 54.0 Å².